The number of fused-ring (bicyclic) bond motifs is 1. The van der Waals surface area contributed by atoms with Gasteiger partial charge in [-0.2, -0.15) is 0 Å². The number of rotatable bonds is 6. The van der Waals surface area contributed by atoms with Crippen LogP contribution in [0.3, 0.4) is 0 Å². The van der Waals surface area contributed by atoms with Crippen LogP contribution in [0, 0.1) is 17.8 Å². The number of aliphatic carboxylic acids is 1. The molecule has 0 aromatic heterocycles. The fourth-order valence-electron chi connectivity index (χ4n) is 3.46. The van der Waals surface area contributed by atoms with Crippen molar-refractivity contribution in [2.45, 2.75) is 57.9 Å². The van der Waals surface area contributed by atoms with Gasteiger partial charge in [-0.25, -0.2) is 0 Å². The molecule has 2 aliphatic rings. The number of carboxylic acids is 1. The van der Waals surface area contributed by atoms with Gasteiger partial charge in [-0.1, -0.05) is 26.2 Å². The van der Waals surface area contributed by atoms with E-state index in [0.29, 0.717) is 11.8 Å². The summed E-state index contributed by atoms with van der Waals surface area (Å²) in [5.74, 6) is 0.630. The van der Waals surface area contributed by atoms with Gasteiger partial charge in [0, 0.05) is 12.0 Å². The maximum atomic E-state index is 12.1. The lowest BCUT2D eigenvalue weighted by Crippen LogP contribution is -2.37. The highest BCUT2D eigenvalue weighted by Crippen LogP contribution is 2.55. The third kappa shape index (κ3) is 3.03. The smallest absolute Gasteiger partial charge is 0.305 e. The van der Waals surface area contributed by atoms with Crippen LogP contribution in [0.1, 0.15) is 51.9 Å². The van der Waals surface area contributed by atoms with Crippen molar-refractivity contribution >= 4 is 11.9 Å². The van der Waals surface area contributed by atoms with Gasteiger partial charge < -0.3 is 10.4 Å². The van der Waals surface area contributed by atoms with Crippen LogP contribution < -0.4 is 5.32 Å². The van der Waals surface area contributed by atoms with Crippen LogP contribution in [0.4, 0.5) is 0 Å². The number of nitrogens with one attached hydrogen (secondary N) is 1. The first kappa shape index (κ1) is 13.4. The Morgan fingerprint density at radius 2 is 1.89 bits per heavy atom. The molecule has 4 heteroatoms. The molecule has 2 rings (SSSR count). The summed E-state index contributed by atoms with van der Waals surface area (Å²) in [5, 5.41) is 11.8. The van der Waals surface area contributed by atoms with Crippen LogP contribution in [-0.4, -0.2) is 23.0 Å². The van der Waals surface area contributed by atoms with Crippen molar-refractivity contribution in [2.24, 2.45) is 17.8 Å². The largest absolute Gasteiger partial charge is 0.481 e. The van der Waals surface area contributed by atoms with Gasteiger partial charge in [-0.05, 0) is 31.1 Å². The van der Waals surface area contributed by atoms with Crippen LogP contribution in [0.15, 0.2) is 0 Å². The normalized spacial score (nSPS) is 31.3. The molecule has 102 valence electrons. The molecule has 0 aliphatic heterocycles. The van der Waals surface area contributed by atoms with E-state index in [4.69, 9.17) is 5.11 Å². The summed E-state index contributed by atoms with van der Waals surface area (Å²) >= 11 is 0. The molecule has 3 unspecified atom stereocenters. The van der Waals surface area contributed by atoms with E-state index >= 15 is 0 Å². The molecule has 3 atom stereocenters. The SMILES string of the molecule is CCCC(CC(=O)O)NC(=O)C1C2CCCCC21. The van der Waals surface area contributed by atoms with Crippen molar-refractivity contribution in [1.82, 2.24) is 5.32 Å². The van der Waals surface area contributed by atoms with Gasteiger partial charge in [0.2, 0.25) is 5.91 Å². The quantitative estimate of drug-likeness (QED) is 0.762. The Balaban J connectivity index is 1.83. The van der Waals surface area contributed by atoms with Gasteiger partial charge in [-0.3, -0.25) is 9.59 Å². The topological polar surface area (TPSA) is 66.4 Å². The van der Waals surface area contributed by atoms with E-state index < -0.39 is 5.97 Å². The number of amides is 1. The van der Waals surface area contributed by atoms with E-state index in [9.17, 15) is 9.59 Å². The first-order chi connectivity index (χ1) is 8.63. The van der Waals surface area contributed by atoms with Crippen molar-refractivity contribution in [1.29, 1.82) is 0 Å². The molecule has 18 heavy (non-hydrogen) atoms. The van der Waals surface area contributed by atoms with Gasteiger partial charge in [0.1, 0.15) is 0 Å². The minimum Gasteiger partial charge on any atom is -0.481 e. The molecule has 0 saturated heterocycles. The zero-order chi connectivity index (χ0) is 13.1. The van der Waals surface area contributed by atoms with Crippen LogP contribution in [0.25, 0.3) is 0 Å². The van der Waals surface area contributed by atoms with Crippen molar-refractivity contribution in [3.05, 3.63) is 0 Å². The molecule has 2 saturated carbocycles. The van der Waals surface area contributed by atoms with Gasteiger partial charge >= 0.3 is 5.97 Å². The lowest BCUT2D eigenvalue weighted by molar-refractivity contribution is -0.137. The molecule has 2 N–H and O–H groups in total. The molecule has 0 heterocycles. The molecule has 2 fully saturated rings. The molecule has 0 aromatic rings. The van der Waals surface area contributed by atoms with E-state index in [2.05, 4.69) is 5.32 Å². The van der Waals surface area contributed by atoms with E-state index in [1.54, 1.807) is 0 Å². The molecule has 0 radical (unpaired) electrons. The Morgan fingerprint density at radius 1 is 1.28 bits per heavy atom. The maximum Gasteiger partial charge on any atom is 0.305 e. The second-order valence-electron chi connectivity index (χ2n) is 5.73. The summed E-state index contributed by atoms with van der Waals surface area (Å²) in [5.41, 5.74) is 0. The van der Waals surface area contributed by atoms with Gasteiger partial charge in [0.15, 0.2) is 0 Å². The Kier molecular flexibility index (Phi) is 4.25. The summed E-state index contributed by atoms with van der Waals surface area (Å²) in [6, 6.07) is -0.192. The standard InChI is InChI=1S/C14H23NO3/c1-2-5-9(8-12(16)17)15-14(18)13-10-6-3-4-7-11(10)13/h9-11,13H,2-8H2,1H3,(H,15,18)(H,16,17). The third-order valence-electron chi connectivity index (χ3n) is 4.36. The second kappa shape index (κ2) is 5.72. The minimum absolute atomic E-state index is 0.0433. The number of carbonyl (C=O) groups excluding carboxylic acids is 1. The van der Waals surface area contributed by atoms with E-state index in [0.717, 1.165) is 12.8 Å². The molecule has 0 spiro atoms. The Hall–Kier alpha value is -1.06. The summed E-state index contributed by atoms with van der Waals surface area (Å²) in [4.78, 5) is 22.9. The lowest BCUT2D eigenvalue weighted by atomic mass is 10.0. The Bertz CT molecular complexity index is 317. The summed E-state index contributed by atoms with van der Waals surface area (Å²) in [6.45, 7) is 2.01. The molecule has 0 bridgehead atoms. The summed E-state index contributed by atoms with van der Waals surface area (Å²) in [7, 11) is 0. The first-order valence-electron chi connectivity index (χ1n) is 7.15. The second-order valence-corrected chi connectivity index (χ2v) is 5.73. The average Bonchev–Trinajstić information content (AvgIpc) is 3.02. The van der Waals surface area contributed by atoms with Gasteiger partial charge in [0.25, 0.3) is 0 Å². The molecule has 1 amide bonds. The highest BCUT2D eigenvalue weighted by molar-refractivity contribution is 5.83. The van der Waals surface area contributed by atoms with Crippen molar-refractivity contribution in [2.75, 3.05) is 0 Å². The number of hydrogen-bond donors (Lipinski definition) is 2. The van der Waals surface area contributed by atoms with Crippen LogP contribution in [-0.2, 0) is 9.59 Å². The number of carboxylic acid groups (broad SMARTS) is 1. The van der Waals surface area contributed by atoms with Crippen molar-refractivity contribution in [3.8, 4) is 0 Å². The molecule has 2 aliphatic carbocycles. The van der Waals surface area contributed by atoms with E-state index in [-0.39, 0.29) is 24.3 Å². The van der Waals surface area contributed by atoms with Gasteiger partial charge in [0.05, 0.1) is 6.42 Å². The fraction of sp³-hybridized carbons (Fsp3) is 0.857. The highest BCUT2D eigenvalue weighted by atomic mass is 16.4. The zero-order valence-electron chi connectivity index (χ0n) is 11.0. The first-order valence-corrected chi connectivity index (χ1v) is 7.15. The molecular formula is C14H23NO3. The predicted octanol–water partition coefficient (Wildman–Crippen LogP) is 2.18. The Labute approximate surface area is 108 Å². The van der Waals surface area contributed by atoms with Crippen LogP contribution in [0.5, 0.6) is 0 Å². The van der Waals surface area contributed by atoms with Crippen LogP contribution >= 0.6 is 0 Å². The lowest BCUT2D eigenvalue weighted by Gasteiger charge is -2.16. The fourth-order valence-corrected chi connectivity index (χ4v) is 3.46. The van der Waals surface area contributed by atoms with E-state index in [1.807, 2.05) is 6.92 Å². The highest BCUT2D eigenvalue weighted by Gasteiger charge is 2.54. The maximum absolute atomic E-state index is 12.1. The molecule has 0 aromatic carbocycles. The molecular weight excluding hydrogens is 230 g/mol. The zero-order valence-corrected chi connectivity index (χ0v) is 11.0. The monoisotopic (exact) mass is 253 g/mol. The van der Waals surface area contributed by atoms with Gasteiger partial charge in [-0.15, -0.1) is 0 Å². The van der Waals surface area contributed by atoms with Crippen LogP contribution in [0.2, 0.25) is 0 Å². The van der Waals surface area contributed by atoms with Crippen molar-refractivity contribution in [3.63, 3.8) is 0 Å². The predicted molar refractivity (Wildman–Crippen MR) is 68.0 cm³/mol. The number of carbonyl (C=O) groups is 2. The van der Waals surface area contributed by atoms with E-state index in [1.165, 1.54) is 25.7 Å². The minimum atomic E-state index is -0.832. The van der Waals surface area contributed by atoms with Crippen molar-refractivity contribution < 1.29 is 14.7 Å². The number of hydrogen-bond acceptors (Lipinski definition) is 2. The average molecular weight is 253 g/mol. The Morgan fingerprint density at radius 3 is 2.39 bits per heavy atom. The molecule has 4 nitrogen and oxygen atoms in total. The summed E-state index contributed by atoms with van der Waals surface area (Å²) < 4.78 is 0. The summed E-state index contributed by atoms with van der Waals surface area (Å²) in [6.07, 6.45) is 6.55. The third-order valence-corrected chi connectivity index (χ3v) is 4.36.